The topological polar surface area (TPSA) is 59.6 Å². The Labute approximate surface area is 203 Å². The van der Waals surface area contributed by atoms with Gasteiger partial charge in [0.15, 0.2) is 6.61 Å². The van der Waals surface area contributed by atoms with Crippen LogP contribution in [0, 0.1) is 0 Å². The van der Waals surface area contributed by atoms with E-state index in [4.69, 9.17) is 21.1 Å². The van der Waals surface area contributed by atoms with E-state index in [1.807, 2.05) is 62.4 Å². The zero-order valence-electron chi connectivity index (χ0n) is 18.4. The lowest BCUT2D eigenvalue weighted by Gasteiger charge is -2.24. The molecule has 2 rings (SSSR count). The predicted octanol–water partition coefficient (Wildman–Crippen LogP) is 5.00. The molecule has 2 aromatic carbocycles. The second-order valence-electron chi connectivity index (χ2n) is 7.35. The molecule has 174 valence electrons. The molecule has 2 unspecified atom stereocenters. The summed E-state index contributed by atoms with van der Waals surface area (Å²) in [5.41, 5.74) is 2.27. The number of likely N-dealkylation sites (N-methyl/N-ethyl adjacent to an activating group) is 1. The summed E-state index contributed by atoms with van der Waals surface area (Å²) in [6.07, 6.45) is 0.940. The van der Waals surface area contributed by atoms with Crippen molar-refractivity contribution >= 4 is 42.3 Å². The number of carbonyl (C=O) groups is 1. The zero-order chi connectivity index (χ0) is 21.2. The highest BCUT2D eigenvalue weighted by molar-refractivity contribution is 6.30. The van der Waals surface area contributed by atoms with Gasteiger partial charge < -0.3 is 20.1 Å². The van der Waals surface area contributed by atoms with Gasteiger partial charge in [-0.05, 0) is 62.6 Å². The fraction of sp³-hybridized carbons (Fsp3) is 0.435. The summed E-state index contributed by atoms with van der Waals surface area (Å²) in [5, 5.41) is 6.81. The molecule has 0 heterocycles. The van der Waals surface area contributed by atoms with Gasteiger partial charge >= 0.3 is 0 Å². The van der Waals surface area contributed by atoms with Crippen LogP contribution in [0.2, 0.25) is 5.02 Å². The number of halogens is 3. The lowest BCUT2D eigenvalue weighted by molar-refractivity contribution is -0.122. The minimum absolute atomic E-state index is 0. The highest BCUT2D eigenvalue weighted by Gasteiger charge is 2.16. The Hall–Kier alpha value is -1.50. The van der Waals surface area contributed by atoms with E-state index < -0.39 is 0 Å². The molecule has 0 saturated carbocycles. The molecule has 0 aliphatic heterocycles. The van der Waals surface area contributed by atoms with Crippen LogP contribution >= 0.6 is 36.4 Å². The van der Waals surface area contributed by atoms with Crippen molar-refractivity contribution < 1.29 is 14.3 Å². The third-order valence-corrected chi connectivity index (χ3v) is 4.66. The Bertz CT molecular complexity index is 773. The average Bonchev–Trinajstić information content (AvgIpc) is 2.70. The first-order chi connectivity index (χ1) is 13.9. The Balaban J connectivity index is 0.00000450. The summed E-state index contributed by atoms with van der Waals surface area (Å²) < 4.78 is 11.5. The maximum absolute atomic E-state index is 11.3. The van der Waals surface area contributed by atoms with Crippen LogP contribution in [-0.2, 0) is 16.0 Å². The standard InChI is InChI=1S/C23H31ClN2O3.2ClH/c1-16(2)29-22(19-6-5-7-20(24)13-19)14-26-17(3)12-18-8-10-21(11-9-18)28-15-23(27)25-4;;/h5-11,13,16-17,22,26H,12,14-15H2,1-4H3,(H,25,27);2*1H. The van der Waals surface area contributed by atoms with Crippen molar-refractivity contribution in [2.45, 2.75) is 45.4 Å². The highest BCUT2D eigenvalue weighted by Crippen LogP contribution is 2.22. The van der Waals surface area contributed by atoms with Crippen LogP contribution in [-0.4, -0.2) is 38.3 Å². The molecule has 0 spiro atoms. The van der Waals surface area contributed by atoms with Crippen molar-refractivity contribution in [1.29, 1.82) is 0 Å². The molecule has 31 heavy (non-hydrogen) atoms. The van der Waals surface area contributed by atoms with Gasteiger partial charge in [-0.1, -0.05) is 35.9 Å². The average molecular weight is 492 g/mol. The molecule has 8 heteroatoms. The molecule has 2 atom stereocenters. The third-order valence-electron chi connectivity index (χ3n) is 4.42. The van der Waals surface area contributed by atoms with Crippen LogP contribution < -0.4 is 15.4 Å². The number of nitrogens with one attached hydrogen (secondary N) is 2. The van der Waals surface area contributed by atoms with E-state index in [-0.39, 0.29) is 55.6 Å². The molecule has 0 bridgehead atoms. The Morgan fingerprint density at radius 3 is 2.32 bits per heavy atom. The van der Waals surface area contributed by atoms with E-state index >= 15 is 0 Å². The molecule has 0 fully saturated rings. The largest absolute Gasteiger partial charge is 0.484 e. The summed E-state index contributed by atoms with van der Waals surface area (Å²) >= 11 is 6.15. The molecule has 0 aliphatic rings. The molecule has 0 aliphatic carbocycles. The first kappa shape index (κ1) is 29.5. The molecule has 5 nitrogen and oxygen atoms in total. The zero-order valence-corrected chi connectivity index (χ0v) is 20.8. The second kappa shape index (κ2) is 15.3. The number of rotatable bonds is 11. The van der Waals surface area contributed by atoms with Crippen molar-refractivity contribution in [2.24, 2.45) is 0 Å². The number of benzene rings is 2. The molecule has 2 N–H and O–H groups in total. The van der Waals surface area contributed by atoms with E-state index in [9.17, 15) is 4.79 Å². The van der Waals surface area contributed by atoms with Crippen LogP contribution in [0.5, 0.6) is 5.75 Å². The van der Waals surface area contributed by atoms with Gasteiger partial charge in [-0.25, -0.2) is 0 Å². The summed E-state index contributed by atoms with van der Waals surface area (Å²) in [7, 11) is 1.59. The van der Waals surface area contributed by atoms with Gasteiger partial charge in [0.25, 0.3) is 5.91 Å². The molecular weight excluding hydrogens is 459 g/mol. The van der Waals surface area contributed by atoms with Crippen LogP contribution in [0.1, 0.15) is 38.0 Å². The van der Waals surface area contributed by atoms with Gasteiger partial charge in [-0.3, -0.25) is 4.79 Å². The molecule has 1 amide bonds. The lowest BCUT2D eigenvalue weighted by atomic mass is 10.1. The number of carbonyl (C=O) groups excluding carboxylic acids is 1. The SMILES string of the molecule is CNC(=O)COc1ccc(CC(C)NCC(OC(C)C)c2cccc(Cl)c2)cc1.Cl.Cl. The molecule has 0 aromatic heterocycles. The summed E-state index contributed by atoms with van der Waals surface area (Å²) in [5.74, 6) is 0.536. The minimum Gasteiger partial charge on any atom is -0.484 e. The molecule has 2 aromatic rings. The molecule has 0 saturated heterocycles. The van der Waals surface area contributed by atoms with E-state index in [1.165, 1.54) is 5.56 Å². The summed E-state index contributed by atoms with van der Waals surface area (Å²) in [4.78, 5) is 11.3. The maximum Gasteiger partial charge on any atom is 0.257 e. The van der Waals surface area contributed by atoms with E-state index in [1.54, 1.807) is 7.05 Å². The van der Waals surface area contributed by atoms with Crippen molar-refractivity contribution in [3.05, 3.63) is 64.7 Å². The number of hydrogen-bond acceptors (Lipinski definition) is 4. The van der Waals surface area contributed by atoms with Crippen molar-refractivity contribution in [3.63, 3.8) is 0 Å². The quantitative estimate of drug-likeness (QED) is 0.465. The van der Waals surface area contributed by atoms with E-state index in [0.29, 0.717) is 17.3 Å². The van der Waals surface area contributed by atoms with Gasteiger partial charge in [0, 0.05) is 24.7 Å². The van der Waals surface area contributed by atoms with Gasteiger partial charge in [-0.15, -0.1) is 24.8 Å². The smallest absolute Gasteiger partial charge is 0.257 e. The van der Waals surface area contributed by atoms with Gasteiger partial charge in [-0.2, -0.15) is 0 Å². The minimum atomic E-state index is -0.148. The van der Waals surface area contributed by atoms with Gasteiger partial charge in [0.2, 0.25) is 0 Å². The van der Waals surface area contributed by atoms with Crippen LogP contribution in [0.3, 0.4) is 0 Å². The summed E-state index contributed by atoms with van der Waals surface area (Å²) in [6.45, 7) is 6.95. The second-order valence-corrected chi connectivity index (χ2v) is 7.78. The first-order valence-electron chi connectivity index (χ1n) is 9.94. The third kappa shape index (κ3) is 11.1. The van der Waals surface area contributed by atoms with E-state index in [2.05, 4.69) is 17.6 Å². The van der Waals surface area contributed by atoms with Gasteiger partial charge in [0.1, 0.15) is 5.75 Å². The van der Waals surface area contributed by atoms with Gasteiger partial charge in [0.05, 0.1) is 12.2 Å². The predicted molar refractivity (Wildman–Crippen MR) is 132 cm³/mol. The Kier molecular flexibility index (Phi) is 14.6. The van der Waals surface area contributed by atoms with Crippen LogP contribution in [0.15, 0.2) is 48.5 Å². The number of hydrogen-bond donors (Lipinski definition) is 2. The van der Waals surface area contributed by atoms with Crippen molar-refractivity contribution in [3.8, 4) is 5.75 Å². The Morgan fingerprint density at radius 1 is 1.06 bits per heavy atom. The Morgan fingerprint density at radius 2 is 1.74 bits per heavy atom. The van der Waals surface area contributed by atoms with E-state index in [0.717, 1.165) is 12.0 Å². The molecular formula is C23H33Cl3N2O3. The molecule has 0 radical (unpaired) electrons. The number of ether oxygens (including phenoxy) is 2. The summed E-state index contributed by atoms with van der Waals surface area (Å²) in [6, 6.07) is 15.9. The maximum atomic E-state index is 11.3. The fourth-order valence-electron chi connectivity index (χ4n) is 2.96. The van der Waals surface area contributed by atoms with Crippen LogP contribution in [0.25, 0.3) is 0 Å². The fourth-order valence-corrected chi connectivity index (χ4v) is 3.16. The van der Waals surface area contributed by atoms with Crippen molar-refractivity contribution in [2.75, 3.05) is 20.2 Å². The van der Waals surface area contributed by atoms with Crippen LogP contribution in [0.4, 0.5) is 0 Å². The first-order valence-corrected chi connectivity index (χ1v) is 10.3. The normalized spacial score (nSPS) is 12.3. The monoisotopic (exact) mass is 490 g/mol. The number of amides is 1. The highest BCUT2D eigenvalue weighted by atomic mass is 35.5. The lowest BCUT2D eigenvalue weighted by Crippen LogP contribution is -2.33. The van der Waals surface area contributed by atoms with Crippen molar-refractivity contribution in [1.82, 2.24) is 10.6 Å².